The third-order valence-electron chi connectivity index (χ3n) is 6.17. The number of hydrogen-bond acceptors (Lipinski definition) is 4. The Kier molecular flexibility index (Phi) is 7.90. The number of piperidine rings is 1. The molecular weight excluding hydrogens is 522 g/mol. The van der Waals surface area contributed by atoms with Gasteiger partial charge >= 0.3 is 6.18 Å². The molecule has 1 aromatic heterocycles. The average molecular weight is 546 g/mol. The number of aromatic nitrogens is 2. The molecule has 188 valence electrons. The van der Waals surface area contributed by atoms with Crippen molar-refractivity contribution in [3.05, 3.63) is 67.7 Å². The second-order valence-corrected chi connectivity index (χ2v) is 11.0. The summed E-state index contributed by atoms with van der Waals surface area (Å²) in [5.74, 6) is 0.365. The van der Waals surface area contributed by atoms with Crippen LogP contribution in [0, 0.1) is 0 Å². The molecule has 1 atom stereocenters. The Morgan fingerprint density at radius 1 is 1.09 bits per heavy atom. The van der Waals surface area contributed by atoms with E-state index in [1.165, 1.54) is 10.9 Å². The number of benzene rings is 2. The highest BCUT2D eigenvalue weighted by molar-refractivity contribution is 7.85. The highest BCUT2D eigenvalue weighted by atomic mass is 35.5. The van der Waals surface area contributed by atoms with Gasteiger partial charge in [-0.15, -0.1) is 0 Å². The van der Waals surface area contributed by atoms with Crippen molar-refractivity contribution >= 4 is 44.9 Å². The van der Waals surface area contributed by atoms with E-state index in [2.05, 4.69) is 4.98 Å². The standard InChI is InChI=1S/C24H24Cl2F3N3O2S/c1-2-35(34)20-7-6-16(25)10-15(20)12-32-14-30-22-17(23(32)33)11-19(24(27,28)29)18(21(22)26)13-31-8-4-3-5-9-31/h6-7,10-11,14H,2-5,8-9,12-13H2,1H3. The molecule has 0 N–H and O–H groups in total. The van der Waals surface area contributed by atoms with Crippen molar-refractivity contribution in [2.75, 3.05) is 18.8 Å². The van der Waals surface area contributed by atoms with Gasteiger partial charge in [0.15, 0.2) is 0 Å². The van der Waals surface area contributed by atoms with Crippen LogP contribution in [0.1, 0.15) is 42.9 Å². The van der Waals surface area contributed by atoms with Crippen LogP contribution in [0.4, 0.5) is 13.2 Å². The van der Waals surface area contributed by atoms with Crippen LogP contribution in [0.25, 0.3) is 10.9 Å². The van der Waals surface area contributed by atoms with Crippen molar-refractivity contribution < 1.29 is 17.4 Å². The van der Waals surface area contributed by atoms with E-state index in [1.54, 1.807) is 25.1 Å². The Labute approximate surface area is 213 Å². The van der Waals surface area contributed by atoms with Crippen LogP contribution < -0.4 is 5.56 Å². The van der Waals surface area contributed by atoms with E-state index in [0.29, 0.717) is 34.3 Å². The second-order valence-electron chi connectivity index (χ2n) is 8.51. The first-order valence-corrected chi connectivity index (χ1v) is 13.3. The van der Waals surface area contributed by atoms with Crippen LogP contribution in [0.5, 0.6) is 0 Å². The maximum absolute atomic E-state index is 14.1. The van der Waals surface area contributed by atoms with Gasteiger partial charge in [0.2, 0.25) is 0 Å². The summed E-state index contributed by atoms with van der Waals surface area (Å²) in [5, 5.41) is 0.0241. The number of halogens is 5. The predicted molar refractivity (Wildman–Crippen MR) is 133 cm³/mol. The van der Waals surface area contributed by atoms with Crippen LogP contribution in [0.3, 0.4) is 0 Å². The van der Waals surface area contributed by atoms with Crippen molar-refractivity contribution in [3.63, 3.8) is 0 Å². The molecule has 35 heavy (non-hydrogen) atoms. The van der Waals surface area contributed by atoms with Crippen LogP contribution in [-0.4, -0.2) is 37.5 Å². The van der Waals surface area contributed by atoms with Gasteiger partial charge in [0.05, 0.1) is 45.2 Å². The molecule has 0 bridgehead atoms. The Balaban J connectivity index is 1.82. The maximum Gasteiger partial charge on any atom is 0.416 e. The summed E-state index contributed by atoms with van der Waals surface area (Å²) in [6.45, 7) is 3.16. The number of likely N-dealkylation sites (tertiary alicyclic amines) is 1. The van der Waals surface area contributed by atoms with Crippen molar-refractivity contribution in [2.24, 2.45) is 0 Å². The SMILES string of the molecule is CCS(=O)c1ccc(Cl)cc1Cn1cnc2c(Cl)c(CN3CCCCC3)c(C(F)(F)F)cc2c1=O. The number of fused-ring (bicyclic) bond motifs is 1. The summed E-state index contributed by atoms with van der Waals surface area (Å²) in [7, 11) is -1.31. The van der Waals surface area contributed by atoms with Crippen molar-refractivity contribution in [2.45, 2.75) is 50.3 Å². The molecule has 4 rings (SSSR count). The minimum absolute atomic E-state index is 0.0383. The molecule has 1 saturated heterocycles. The monoisotopic (exact) mass is 545 g/mol. The van der Waals surface area contributed by atoms with E-state index in [0.717, 1.165) is 25.3 Å². The summed E-state index contributed by atoms with van der Waals surface area (Å²) in [6, 6.07) is 5.68. The smallest absolute Gasteiger partial charge is 0.299 e. The lowest BCUT2D eigenvalue weighted by Gasteiger charge is -2.28. The fourth-order valence-electron chi connectivity index (χ4n) is 4.40. The Morgan fingerprint density at radius 2 is 1.80 bits per heavy atom. The second kappa shape index (κ2) is 10.6. The van der Waals surface area contributed by atoms with E-state index in [4.69, 9.17) is 23.2 Å². The number of alkyl halides is 3. The largest absolute Gasteiger partial charge is 0.416 e. The molecule has 0 amide bonds. The van der Waals surface area contributed by atoms with E-state index in [-0.39, 0.29) is 34.6 Å². The summed E-state index contributed by atoms with van der Waals surface area (Å²) < 4.78 is 55.8. The van der Waals surface area contributed by atoms with Crippen molar-refractivity contribution in [1.29, 1.82) is 0 Å². The first kappa shape index (κ1) is 26.1. The van der Waals surface area contributed by atoms with Gasteiger partial charge in [0.25, 0.3) is 5.56 Å². The van der Waals surface area contributed by atoms with Crippen molar-refractivity contribution in [3.8, 4) is 0 Å². The molecule has 0 spiro atoms. The number of nitrogens with zero attached hydrogens (tertiary/aromatic N) is 3. The molecule has 1 fully saturated rings. The fourth-order valence-corrected chi connectivity index (χ4v) is 5.85. The van der Waals surface area contributed by atoms with Crippen molar-refractivity contribution in [1.82, 2.24) is 14.5 Å². The highest BCUT2D eigenvalue weighted by Crippen LogP contribution is 2.39. The molecule has 0 aliphatic carbocycles. The van der Waals surface area contributed by atoms with E-state index >= 15 is 0 Å². The molecule has 1 aliphatic heterocycles. The minimum Gasteiger partial charge on any atom is -0.299 e. The van der Waals surface area contributed by atoms with Gasteiger partial charge in [-0.3, -0.25) is 18.5 Å². The highest BCUT2D eigenvalue weighted by Gasteiger charge is 2.36. The summed E-state index contributed by atoms with van der Waals surface area (Å²) in [4.78, 5) is 20.0. The Bertz CT molecular complexity index is 1340. The summed E-state index contributed by atoms with van der Waals surface area (Å²) >= 11 is 12.6. The zero-order chi connectivity index (χ0) is 25.3. The normalized spacial score (nSPS) is 16.1. The van der Waals surface area contributed by atoms with Gasteiger partial charge in [-0.1, -0.05) is 36.5 Å². The lowest BCUT2D eigenvalue weighted by Crippen LogP contribution is -2.30. The van der Waals surface area contributed by atoms with Crippen LogP contribution >= 0.6 is 23.2 Å². The van der Waals surface area contributed by atoms with Crippen LogP contribution in [0.2, 0.25) is 10.0 Å². The van der Waals surface area contributed by atoms with Gasteiger partial charge in [-0.05, 0) is 61.3 Å². The third kappa shape index (κ3) is 5.58. The lowest BCUT2D eigenvalue weighted by atomic mass is 10.0. The summed E-state index contributed by atoms with van der Waals surface area (Å²) in [5.41, 5.74) is -1.08. The molecule has 1 aliphatic rings. The quantitative estimate of drug-likeness (QED) is 0.388. The lowest BCUT2D eigenvalue weighted by molar-refractivity contribution is -0.138. The maximum atomic E-state index is 14.1. The molecule has 3 aromatic rings. The Hall–Kier alpha value is -1.94. The summed E-state index contributed by atoms with van der Waals surface area (Å²) in [6.07, 6.45) is -0.536. The number of hydrogen-bond donors (Lipinski definition) is 0. The average Bonchev–Trinajstić information content (AvgIpc) is 2.82. The fraction of sp³-hybridized carbons (Fsp3) is 0.417. The first-order valence-electron chi connectivity index (χ1n) is 11.3. The van der Waals surface area contributed by atoms with Gasteiger partial charge in [0, 0.05) is 22.2 Å². The molecule has 2 heterocycles. The molecular formula is C24H24Cl2F3N3O2S. The van der Waals surface area contributed by atoms with Gasteiger partial charge in [-0.2, -0.15) is 13.2 Å². The van der Waals surface area contributed by atoms with Gasteiger partial charge in [0.1, 0.15) is 0 Å². The zero-order valence-electron chi connectivity index (χ0n) is 19.0. The van der Waals surface area contributed by atoms with Gasteiger partial charge in [-0.25, -0.2) is 4.98 Å². The Morgan fingerprint density at radius 3 is 2.46 bits per heavy atom. The van der Waals surface area contributed by atoms with E-state index in [1.807, 2.05) is 4.90 Å². The minimum atomic E-state index is -4.69. The van der Waals surface area contributed by atoms with Gasteiger partial charge < -0.3 is 0 Å². The number of rotatable bonds is 6. The third-order valence-corrected chi connectivity index (χ3v) is 8.22. The molecule has 2 aromatic carbocycles. The molecule has 11 heteroatoms. The van der Waals surface area contributed by atoms with Crippen LogP contribution in [-0.2, 0) is 30.1 Å². The first-order chi connectivity index (χ1) is 16.6. The zero-order valence-corrected chi connectivity index (χ0v) is 21.3. The van der Waals surface area contributed by atoms with E-state index < -0.39 is 28.1 Å². The van der Waals surface area contributed by atoms with E-state index in [9.17, 15) is 22.2 Å². The van der Waals surface area contributed by atoms with Crippen LogP contribution in [0.15, 0.2) is 40.3 Å². The molecule has 1 unspecified atom stereocenters. The molecule has 5 nitrogen and oxygen atoms in total. The molecule has 0 saturated carbocycles. The predicted octanol–water partition coefficient (Wildman–Crippen LogP) is 5.88. The molecule has 0 radical (unpaired) electrons. The topological polar surface area (TPSA) is 55.2 Å².